The molecule has 0 aromatic carbocycles. The van der Waals surface area contributed by atoms with Crippen LogP contribution in [-0.4, -0.2) is 6.04 Å². The zero-order valence-corrected chi connectivity index (χ0v) is 8.84. The lowest BCUT2D eigenvalue weighted by molar-refractivity contribution is 0.0905. The summed E-state index contributed by atoms with van der Waals surface area (Å²) in [6.45, 7) is 2.35. The second-order valence-corrected chi connectivity index (χ2v) is 5.10. The van der Waals surface area contributed by atoms with E-state index in [1.165, 1.54) is 44.9 Å². The topological polar surface area (TPSA) is 26.0 Å². The van der Waals surface area contributed by atoms with Crippen molar-refractivity contribution in [3.05, 3.63) is 0 Å². The fraction of sp³-hybridized carbons (Fsp3) is 1.00. The molecule has 0 radical (unpaired) electrons. The SMILES string of the molecule is CCC1CCC(N)CC1C1CCC1. The molecule has 0 heterocycles. The summed E-state index contributed by atoms with van der Waals surface area (Å²) in [5.74, 6) is 3.05. The average Bonchev–Trinajstić information content (AvgIpc) is 2.02. The van der Waals surface area contributed by atoms with Crippen LogP contribution in [0.3, 0.4) is 0 Å². The Kier molecular flexibility index (Phi) is 2.92. The summed E-state index contributed by atoms with van der Waals surface area (Å²) < 4.78 is 0. The van der Waals surface area contributed by atoms with E-state index in [9.17, 15) is 0 Å². The van der Waals surface area contributed by atoms with Gasteiger partial charge in [-0.1, -0.05) is 32.6 Å². The van der Waals surface area contributed by atoms with Crippen LogP contribution in [0.1, 0.15) is 51.9 Å². The molecule has 13 heavy (non-hydrogen) atoms. The summed E-state index contributed by atoms with van der Waals surface area (Å²) in [6.07, 6.45) is 9.85. The van der Waals surface area contributed by atoms with E-state index in [2.05, 4.69) is 6.92 Å². The van der Waals surface area contributed by atoms with Crippen LogP contribution in [0.5, 0.6) is 0 Å². The Morgan fingerprint density at radius 2 is 1.92 bits per heavy atom. The van der Waals surface area contributed by atoms with Gasteiger partial charge in [-0.3, -0.25) is 0 Å². The molecule has 0 spiro atoms. The zero-order chi connectivity index (χ0) is 9.26. The van der Waals surface area contributed by atoms with E-state index in [0.29, 0.717) is 6.04 Å². The Labute approximate surface area is 82.1 Å². The van der Waals surface area contributed by atoms with Crippen LogP contribution < -0.4 is 5.73 Å². The fourth-order valence-electron chi connectivity index (χ4n) is 3.25. The zero-order valence-electron chi connectivity index (χ0n) is 8.84. The molecule has 0 bridgehead atoms. The van der Waals surface area contributed by atoms with E-state index in [1.807, 2.05) is 0 Å². The van der Waals surface area contributed by atoms with Gasteiger partial charge in [0.2, 0.25) is 0 Å². The van der Waals surface area contributed by atoms with Gasteiger partial charge in [0.25, 0.3) is 0 Å². The predicted molar refractivity (Wildman–Crippen MR) is 56.4 cm³/mol. The number of rotatable bonds is 2. The summed E-state index contributed by atoms with van der Waals surface area (Å²) in [5, 5.41) is 0. The van der Waals surface area contributed by atoms with E-state index in [0.717, 1.165) is 17.8 Å². The van der Waals surface area contributed by atoms with Gasteiger partial charge in [0.15, 0.2) is 0 Å². The van der Waals surface area contributed by atoms with Crippen molar-refractivity contribution in [1.82, 2.24) is 0 Å². The minimum atomic E-state index is 0.522. The second-order valence-electron chi connectivity index (χ2n) is 5.10. The lowest BCUT2D eigenvalue weighted by atomic mass is 9.64. The molecule has 2 aliphatic carbocycles. The normalized spacial score (nSPS) is 41.5. The molecule has 0 saturated heterocycles. The Bertz CT molecular complexity index is 163. The summed E-state index contributed by atoms with van der Waals surface area (Å²) in [6, 6.07) is 0.522. The summed E-state index contributed by atoms with van der Waals surface area (Å²) in [5.41, 5.74) is 6.06. The van der Waals surface area contributed by atoms with Crippen molar-refractivity contribution >= 4 is 0 Å². The van der Waals surface area contributed by atoms with Crippen molar-refractivity contribution in [2.45, 2.75) is 57.9 Å². The minimum Gasteiger partial charge on any atom is -0.328 e. The van der Waals surface area contributed by atoms with E-state index in [-0.39, 0.29) is 0 Å². The van der Waals surface area contributed by atoms with Crippen molar-refractivity contribution in [1.29, 1.82) is 0 Å². The van der Waals surface area contributed by atoms with Gasteiger partial charge >= 0.3 is 0 Å². The third kappa shape index (κ3) is 1.90. The number of hydrogen-bond donors (Lipinski definition) is 1. The first-order valence-corrected chi connectivity index (χ1v) is 6.06. The molecule has 0 aliphatic heterocycles. The average molecular weight is 181 g/mol. The highest BCUT2D eigenvalue weighted by Crippen LogP contribution is 2.44. The van der Waals surface area contributed by atoms with Crippen LogP contribution in [0.25, 0.3) is 0 Å². The summed E-state index contributed by atoms with van der Waals surface area (Å²) >= 11 is 0. The fourth-order valence-corrected chi connectivity index (χ4v) is 3.25. The largest absolute Gasteiger partial charge is 0.328 e. The van der Waals surface area contributed by atoms with Gasteiger partial charge in [0.1, 0.15) is 0 Å². The lowest BCUT2D eigenvalue weighted by Gasteiger charge is -2.43. The molecule has 2 N–H and O–H groups in total. The summed E-state index contributed by atoms with van der Waals surface area (Å²) in [7, 11) is 0. The number of nitrogens with two attached hydrogens (primary N) is 1. The van der Waals surface area contributed by atoms with Gasteiger partial charge in [-0.05, 0) is 37.0 Å². The molecule has 1 heteroatoms. The highest BCUT2D eigenvalue weighted by Gasteiger charge is 2.35. The van der Waals surface area contributed by atoms with Crippen molar-refractivity contribution in [2.24, 2.45) is 23.5 Å². The van der Waals surface area contributed by atoms with Gasteiger partial charge in [-0.2, -0.15) is 0 Å². The second kappa shape index (κ2) is 4.00. The van der Waals surface area contributed by atoms with Crippen LogP contribution in [0.15, 0.2) is 0 Å². The first kappa shape index (κ1) is 9.51. The van der Waals surface area contributed by atoms with Crippen molar-refractivity contribution < 1.29 is 0 Å². The molecule has 1 nitrogen and oxygen atoms in total. The molecule has 0 amide bonds. The first-order chi connectivity index (χ1) is 6.31. The van der Waals surface area contributed by atoms with E-state index < -0.39 is 0 Å². The van der Waals surface area contributed by atoms with Gasteiger partial charge in [-0.25, -0.2) is 0 Å². The molecule has 0 aromatic rings. The molecule has 0 aromatic heterocycles. The van der Waals surface area contributed by atoms with Crippen LogP contribution in [0, 0.1) is 17.8 Å². The van der Waals surface area contributed by atoms with Gasteiger partial charge in [0, 0.05) is 6.04 Å². The lowest BCUT2D eigenvalue weighted by Crippen LogP contribution is -2.38. The monoisotopic (exact) mass is 181 g/mol. The Morgan fingerprint density at radius 3 is 2.46 bits per heavy atom. The van der Waals surface area contributed by atoms with Crippen LogP contribution in [0.4, 0.5) is 0 Å². The smallest absolute Gasteiger partial charge is 0.00417 e. The Balaban J connectivity index is 1.94. The molecule has 2 saturated carbocycles. The van der Waals surface area contributed by atoms with Crippen LogP contribution in [-0.2, 0) is 0 Å². The predicted octanol–water partition coefficient (Wildman–Crippen LogP) is 2.94. The molecule has 2 aliphatic rings. The maximum atomic E-state index is 6.06. The molecule has 76 valence electrons. The van der Waals surface area contributed by atoms with Gasteiger partial charge in [-0.15, -0.1) is 0 Å². The molecule has 2 fully saturated rings. The molecular formula is C12H23N. The van der Waals surface area contributed by atoms with Crippen molar-refractivity contribution in [3.63, 3.8) is 0 Å². The molecule has 2 rings (SSSR count). The molecule has 3 unspecified atom stereocenters. The Hall–Kier alpha value is -0.0400. The van der Waals surface area contributed by atoms with E-state index in [4.69, 9.17) is 5.73 Å². The first-order valence-electron chi connectivity index (χ1n) is 6.06. The van der Waals surface area contributed by atoms with Gasteiger partial charge < -0.3 is 5.73 Å². The highest BCUT2D eigenvalue weighted by atomic mass is 14.6. The van der Waals surface area contributed by atoms with E-state index in [1.54, 1.807) is 0 Å². The minimum absolute atomic E-state index is 0.522. The third-order valence-corrected chi connectivity index (χ3v) is 4.37. The highest BCUT2D eigenvalue weighted by molar-refractivity contribution is 4.88. The maximum absolute atomic E-state index is 6.06. The maximum Gasteiger partial charge on any atom is 0.00417 e. The summed E-state index contributed by atoms with van der Waals surface area (Å²) in [4.78, 5) is 0. The standard InChI is InChI=1S/C12H23N/c1-2-9-6-7-11(13)8-12(9)10-4-3-5-10/h9-12H,2-8,13H2,1H3. The van der Waals surface area contributed by atoms with Crippen LogP contribution >= 0.6 is 0 Å². The van der Waals surface area contributed by atoms with E-state index >= 15 is 0 Å². The molecule has 3 atom stereocenters. The quantitative estimate of drug-likeness (QED) is 0.696. The number of hydrogen-bond acceptors (Lipinski definition) is 1. The third-order valence-electron chi connectivity index (χ3n) is 4.37. The van der Waals surface area contributed by atoms with Crippen molar-refractivity contribution in [3.8, 4) is 0 Å². The molecular weight excluding hydrogens is 158 g/mol. The Morgan fingerprint density at radius 1 is 1.15 bits per heavy atom. The van der Waals surface area contributed by atoms with Crippen LogP contribution in [0.2, 0.25) is 0 Å². The van der Waals surface area contributed by atoms with Crippen molar-refractivity contribution in [2.75, 3.05) is 0 Å². The van der Waals surface area contributed by atoms with Gasteiger partial charge in [0.05, 0.1) is 0 Å².